The molecule has 0 saturated heterocycles. The van der Waals surface area contributed by atoms with Crippen molar-refractivity contribution in [1.29, 1.82) is 0 Å². The minimum absolute atomic E-state index is 0.109. The molecule has 0 radical (unpaired) electrons. The molecule has 0 saturated carbocycles. The van der Waals surface area contributed by atoms with Gasteiger partial charge in [0.25, 0.3) is 5.91 Å². The number of hydrogen-bond acceptors (Lipinski definition) is 5. The van der Waals surface area contributed by atoms with Gasteiger partial charge in [0, 0.05) is 0 Å². The lowest BCUT2D eigenvalue weighted by Gasteiger charge is -2.16. The van der Waals surface area contributed by atoms with E-state index in [2.05, 4.69) is 15.7 Å². The van der Waals surface area contributed by atoms with Gasteiger partial charge in [0.05, 0.1) is 22.2 Å². The number of rotatable bonds is 7. The summed E-state index contributed by atoms with van der Waals surface area (Å²) in [7, 11) is 0. The highest BCUT2D eigenvalue weighted by molar-refractivity contribution is 6.03. The summed E-state index contributed by atoms with van der Waals surface area (Å²) in [6, 6.07) is 16.0. The molecule has 31 heavy (non-hydrogen) atoms. The van der Waals surface area contributed by atoms with Crippen molar-refractivity contribution in [2.24, 2.45) is 0 Å². The third-order valence-corrected chi connectivity index (χ3v) is 4.91. The number of aryl methyl sites for hydroxylation is 1. The van der Waals surface area contributed by atoms with E-state index in [1.165, 1.54) is 18.5 Å². The molecule has 0 aliphatic carbocycles. The lowest BCUT2D eigenvalue weighted by atomic mass is 10.1. The summed E-state index contributed by atoms with van der Waals surface area (Å²) in [5.74, 6) is -0.772. The molecular weight excluding hydrogens is 398 g/mol. The molecule has 2 aromatic carbocycles. The van der Waals surface area contributed by atoms with Gasteiger partial charge in [-0.2, -0.15) is 5.10 Å². The number of carbonyl (C=O) groups excluding carboxylic acids is 2. The second kappa shape index (κ2) is 9.21. The summed E-state index contributed by atoms with van der Waals surface area (Å²) in [6.45, 7) is 4.73. The van der Waals surface area contributed by atoms with E-state index in [0.717, 1.165) is 5.56 Å². The van der Waals surface area contributed by atoms with Crippen LogP contribution in [0.2, 0.25) is 0 Å². The molecule has 0 aliphatic rings. The number of anilines is 1. The third-order valence-electron chi connectivity index (χ3n) is 4.91. The van der Waals surface area contributed by atoms with Gasteiger partial charge in [0.2, 0.25) is 5.91 Å². The Balaban J connectivity index is 1.73. The van der Waals surface area contributed by atoms with Gasteiger partial charge in [-0.1, -0.05) is 42.5 Å². The minimum atomic E-state index is -0.514. The quantitative estimate of drug-likeness (QED) is 0.447. The van der Waals surface area contributed by atoms with E-state index < -0.39 is 10.8 Å². The Labute approximate surface area is 179 Å². The van der Waals surface area contributed by atoms with E-state index in [1.807, 2.05) is 37.3 Å². The average molecular weight is 421 g/mol. The first-order valence-corrected chi connectivity index (χ1v) is 9.71. The second-order valence-corrected chi connectivity index (χ2v) is 7.13. The predicted octanol–water partition coefficient (Wildman–Crippen LogP) is 3.54. The first-order chi connectivity index (χ1) is 14.8. The predicted molar refractivity (Wildman–Crippen MR) is 116 cm³/mol. The van der Waals surface area contributed by atoms with Gasteiger partial charge in [-0.25, -0.2) is 0 Å². The number of hydrogen-bond donors (Lipinski definition) is 2. The molecule has 2 N–H and O–H groups in total. The molecule has 3 aromatic rings. The lowest BCUT2D eigenvalue weighted by Crippen LogP contribution is -2.28. The van der Waals surface area contributed by atoms with Gasteiger partial charge < -0.3 is 10.6 Å². The zero-order valence-electron chi connectivity index (χ0n) is 17.5. The normalized spacial score (nSPS) is 11.6. The van der Waals surface area contributed by atoms with Gasteiger partial charge in [-0.15, -0.1) is 0 Å². The maximum atomic E-state index is 12.8. The van der Waals surface area contributed by atoms with E-state index in [1.54, 1.807) is 24.3 Å². The Morgan fingerprint density at radius 2 is 1.74 bits per heavy atom. The third kappa shape index (κ3) is 4.95. The van der Waals surface area contributed by atoms with Gasteiger partial charge in [-0.05, 0) is 38.5 Å². The standard InChI is InChI=1S/C22H23N5O4/c1-14(17-9-5-4-6-10-17)23-22(29)18-11-7-8-12-19(18)24-20(28)13-26-16(3)21(27(30)31)15(2)25-26/h4-12,14H,13H2,1-3H3,(H,23,29)(H,24,28)/t14-/m0/s1. The highest BCUT2D eigenvalue weighted by Crippen LogP contribution is 2.22. The Kier molecular flexibility index (Phi) is 6.44. The Bertz CT molecular complexity index is 1120. The molecular formula is C22H23N5O4. The van der Waals surface area contributed by atoms with E-state index in [9.17, 15) is 19.7 Å². The fourth-order valence-corrected chi connectivity index (χ4v) is 3.32. The molecule has 0 aliphatic heterocycles. The second-order valence-electron chi connectivity index (χ2n) is 7.13. The molecule has 0 unspecified atom stereocenters. The van der Waals surface area contributed by atoms with Gasteiger partial charge in [0.15, 0.2) is 0 Å². The van der Waals surface area contributed by atoms with Crippen LogP contribution < -0.4 is 10.6 Å². The van der Waals surface area contributed by atoms with Crippen LogP contribution in [0.5, 0.6) is 0 Å². The number of carbonyl (C=O) groups is 2. The Morgan fingerprint density at radius 1 is 1.10 bits per heavy atom. The summed E-state index contributed by atoms with van der Waals surface area (Å²) in [6.07, 6.45) is 0. The first kappa shape index (κ1) is 21.7. The van der Waals surface area contributed by atoms with Crippen molar-refractivity contribution in [3.05, 3.63) is 87.2 Å². The molecule has 1 heterocycles. The Morgan fingerprint density at radius 3 is 2.39 bits per heavy atom. The maximum Gasteiger partial charge on any atom is 0.312 e. The topological polar surface area (TPSA) is 119 Å². The van der Waals surface area contributed by atoms with Crippen molar-refractivity contribution in [2.75, 3.05) is 5.32 Å². The van der Waals surface area contributed by atoms with Crippen LogP contribution in [0.1, 0.15) is 40.3 Å². The smallest absolute Gasteiger partial charge is 0.312 e. The minimum Gasteiger partial charge on any atom is -0.345 e. The lowest BCUT2D eigenvalue weighted by molar-refractivity contribution is -0.386. The zero-order chi connectivity index (χ0) is 22.5. The molecule has 0 fully saturated rings. The number of nitrogens with zero attached hydrogens (tertiary/aromatic N) is 3. The molecule has 3 rings (SSSR count). The van der Waals surface area contributed by atoms with Crippen LogP contribution >= 0.6 is 0 Å². The number of nitro groups is 1. The van der Waals surface area contributed by atoms with E-state index >= 15 is 0 Å². The van der Waals surface area contributed by atoms with Crippen molar-refractivity contribution in [3.63, 3.8) is 0 Å². The molecule has 1 atom stereocenters. The van der Waals surface area contributed by atoms with E-state index in [4.69, 9.17) is 0 Å². The number of para-hydroxylation sites is 1. The molecule has 1 aromatic heterocycles. The van der Waals surface area contributed by atoms with Gasteiger partial charge >= 0.3 is 5.69 Å². The largest absolute Gasteiger partial charge is 0.345 e. The van der Waals surface area contributed by atoms with Crippen LogP contribution in [0.3, 0.4) is 0 Å². The fraction of sp³-hybridized carbons (Fsp3) is 0.227. The fourth-order valence-electron chi connectivity index (χ4n) is 3.32. The molecule has 9 heteroatoms. The van der Waals surface area contributed by atoms with Crippen molar-refractivity contribution in [3.8, 4) is 0 Å². The van der Waals surface area contributed by atoms with Crippen molar-refractivity contribution >= 4 is 23.2 Å². The highest BCUT2D eigenvalue weighted by Gasteiger charge is 2.23. The molecule has 0 spiro atoms. The van der Waals surface area contributed by atoms with E-state index in [0.29, 0.717) is 16.9 Å². The molecule has 0 bridgehead atoms. The summed E-state index contributed by atoms with van der Waals surface area (Å²) in [4.78, 5) is 36.0. The first-order valence-electron chi connectivity index (χ1n) is 9.71. The van der Waals surface area contributed by atoms with E-state index in [-0.39, 0.29) is 29.9 Å². The average Bonchev–Trinajstić information content (AvgIpc) is 3.01. The van der Waals surface area contributed by atoms with Crippen LogP contribution in [-0.4, -0.2) is 26.5 Å². The van der Waals surface area contributed by atoms with Gasteiger partial charge in [-0.3, -0.25) is 24.4 Å². The van der Waals surface area contributed by atoms with Crippen LogP contribution in [0, 0.1) is 24.0 Å². The molecule has 160 valence electrons. The monoisotopic (exact) mass is 421 g/mol. The zero-order valence-corrected chi connectivity index (χ0v) is 17.5. The van der Waals surface area contributed by atoms with Crippen LogP contribution in [0.25, 0.3) is 0 Å². The highest BCUT2D eigenvalue weighted by atomic mass is 16.6. The van der Waals surface area contributed by atoms with Crippen molar-refractivity contribution in [1.82, 2.24) is 15.1 Å². The maximum absolute atomic E-state index is 12.8. The molecule has 9 nitrogen and oxygen atoms in total. The number of nitrogens with one attached hydrogen (secondary N) is 2. The summed E-state index contributed by atoms with van der Waals surface area (Å²) < 4.78 is 1.28. The summed E-state index contributed by atoms with van der Waals surface area (Å²) in [5.41, 5.74) is 2.05. The number of amides is 2. The van der Waals surface area contributed by atoms with Crippen LogP contribution in [0.4, 0.5) is 11.4 Å². The summed E-state index contributed by atoms with van der Waals surface area (Å²) in [5, 5.41) is 20.9. The Hall–Kier alpha value is -4.01. The van der Waals surface area contributed by atoms with Crippen molar-refractivity contribution in [2.45, 2.75) is 33.4 Å². The molecule has 2 amide bonds. The SMILES string of the molecule is Cc1nn(CC(=O)Nc2ccccc2C(=O)N[C@@H](C)c2ccccc2)c(C)c1[N+](=O)[O-]. The van der Waals surface area contributed by atoms with Gasteiger partial charge in [0.1, 0.15) is 17.9 Å². The van der Waals surface area contributed by atoms with Crippen LogP contribution in [-0.2, 0) is 11.3 Å². The number of benzene rings is 2. The number of aromatic nitrogens is 2. The van der Waals surface area contributed by atoms with Crippen molar-refractivity contribution < 1.29 is 14.5 Å². The summed E-state index contributed by atoms with van der Waals surface area (Å²) >= 11 is 0. The van der Waals surface area contributed by atoms with Crippen LogP contribution in [0.15, 0.2) is 54.6 Å².